The van der Waals surface area contributed by atoms with Crippen LogP contribution in [0.1, 0.15) is 24.3 Å². The molecule has 8 heteroatoms. The van der Waals surface area contributed by atoms with Crippen LogP contribution in [0.25, 0.3) is 0 Å². The predicted octanol–water partition coefficient (Wildman–Crippen LogP) is -0.238. The molecule has 0 aliphatic heterocycles. The fraction of sp³-hybridized carbons (Fsp3) is 0.444. The van der Waals surface area contributed by atoms with Gasteiger partial charge in [-0.05, 0) is 13.8 Å². The van der Waals surface area contributed by atoms with Crippen molar-refractivity contribution in [3.05, 3.63) is 10.8 Å². The quantitative estimate of drug-likeness (QED) is 0.591. The third-order valence-electron chi connectivity index (χ3n) is 1.82. The molecule has 0 radical (unpaired) electrons. The maximum Gasteiger partial charge on any atom is 0.273 e. The normalized spacial score (nSPS) is 11.3. The van der Waals surface area contributed by atoms with E-state index in [0.29, 0.717) is 0 Å². The first-order valence-corrected chi connectivity index (χ1v) is 5.24. The fourth-order valence-corrected chi connectivity index (χ4v) is 1.13. The third-order valence-corrected chi connectivity index (χ3v) is 2.10. The van der Waals surface area contributed by atoms with Crippen LogP contribution < -0.4 is 22.5 Å². The van der Waals surface area contributed by atoms with Crippen molar-refractivity contribution in [2.45, 2.75) is 19.4 Å². The van der Waals surface area contributed by atoms with Crippen LogP contribution >= 0.6 is 11.6 Å². The van der Waals surface area contributed by atoms with Gasteiger partial charge < -0.3 is 22.5 Å². The van der Waals surface area contributed by atoms with Crippen molar-refractivity contribution in [3.63, 3.8) is 0 Å². The number of nitrogen functional groups attached to an aromatic ring is 2. The van der Waals surface area contributed by atoms with Crippen molar-refractivity contribution in [1.29, 1.82) is 0 Å². The summed E-state index contributed by atoms with van der Waals surface area (Å²) in [6.07, 6.45) is 0. The van der Waals surface area contributed by atoms with E-state index < -0.39 is 11.4 Å². The second-order valence-corrected chi connectivity index (χ2v) is 4.66. The lowest BCUT2D eigenvalue weighted by atomic mass is 10.1. The molecule has 1 aromatic rings. The second-order valence-electron chi connectivity index (χ2n) is 4.30. The highest BCUT2D eigenvalue weighted by atomic mass is 35.5. The molecule has 0 spiro atoms. The Kier molecular flexibility index (Phi) is 3.74. The fourth-order valence-electron chi connectivity index (χ4n) is 1.00. The van der Waals surface area contributed by atoms with E-state index in [2.05, 4.69) is 15.3 Å². The highest BCUT2D eigenvalue weighted by Crippen LogP contribution is 2.17. The maximum absolute atomic E-state index is 11.7. The standard InChI is InChI=1S/C9H15ClN6O/c1-9(2,13)3-14-8(17)4-6(11)16-7(12)5(10)15-4/h3,13H2,1-2H3,(H,14,17)(H4,11,12,16). The summed E-state index contributed by atoms with van der Waals surface area (Å²) in [6.45, 7) is 3.82. The number of amides is 1. The van der Waals surface area contributed by atoms with Crippen LogP contribution in [0.3, 0.4) is 0 Å². The average Bonchev–Trinajstić information content (AvgIpc) is 2.19. The van der Waals surface area contributed by atoms with Crippen molar-refractivity contribution in [2.24, 2.45) is 5.73 Å². The van der Waals surface area contributed by atoms with Crippen LogP contribution in [-0.4, -0.2) is 28.0 Å². The zero-order valence-corrected chi connectivity index (χ0v) is 10.4. The molecule has 0 aliphatic rings. The summed E-state index contributed by atoms with van der Waals surface area (Å²) >= 11 is 5.66. The van der Waals surface area contributed by atoms with E-state index >= 15 is 0 Å². The Balaban J connectivity index is 2.86. The molecule has 1 heterocycles. The van der Waals surface area contributed by atoms with Crippen LogP contribution in [0.15, 0.2) is 0 Å². The van der Waals surface area contributed by atoms with Crippen molar-refractivity contribution in [1.82, 2.24) is 15.3 Å². The topological polar surface area (TPSA) is 133 Å². The summed E-state index contributed by atoms with van der Waals surface area (Å²) < 4.78 is 0. The molecule has 0 saturated heterocycles. The molecule has 94 valence electrons. The molecule has 0 aromatic carbocycles. The Morgan fingerprint density at radius 3 is 2.47 bits per heavy atom. The van der Waals surface area contributed by atoms with Crippen LogP contribution in [0.4, 0.5) is 11.6 Å². The SMILES string of the molecule is CC(C)(N)CNC(=O)c1nc(Cl)c(N)nc1N. The van der Waals surface area contributed by atoms with Gasteiger partial charge in [0.2, 0.25) is 0 Å². The van der Waals surface area contributed by atoms with Gasteiger partial charge in [-0.3, -0.25) is 4.79 Å². The lowest BCUT2D eigenvalue weighted by Gasteiger charge is -2.18. The molecular weight excluding hydrogens is 244 g/mol. The van der Waals surface area contributed by atoms with E-state index in [9.17, 15) is 4.79 Å². The molecular formula is C9H15ClN6O. The van der Waals surface area contributed by atoms with Crippen molar-refractivity contribution in [2.75, 3.05) is 18.0 Å². The van der Waals surface area contributed by atoms with E-state index in [0.717, 1.165) is 0 Å². The third kappa shape index (κ3) is 3.72. The molecule has 7 nitrogen and oxygen atoms in total. The van der Waals surface area contributed by atoms with E-state index in [4.69, 9.17) is 28.8 Å². The van der Waals surface area contributed by atoms with Crippen LogP contribution in [0.2, 0.25) is 5.15 Å². The minimum absolute atomic E-state index is 0.0140. The minimum atomic E-state index is -0.532. The van der Waals surface area contributed by atoms with Gasteiger partial charge >= 0.3 is 0 Å². The number of carbonyl (C=O) groups excluding carboxylic acids is 1. The van der Waals surface area contributed by atoms with Crippen molar-refractivity contribution in [3.8, 4) is 0 Å². The first kappa shape index (κ1) is 13.5. The molecule has 0 atom stereocenters. The maximum atomic E-state index is 11.7. The molecule has 0 saturated carbocycles. The van der Waals surface area contributed by atoms with Gasteiger partial charge in [-0.25, -0.2) is 9.97 Å². The number of aromatic nitrogens is 2. The van der Waals surface area contributed by atoms with Gasteiger partial charge in [-0.1, -0.05) is 11.6 Å². The number of halogens is 1. The Bertz CT molecular complexity index is 442. The predicted molar refractivity (Wildman–Crippen MR) is 66.5 cm³/mol. The number of carbonyl (C=O) groups is 1. The highest BCUT2D eigenvalue weighted by Gasteiger charge is 2.18. The van der Waals surface area contributed by atoms with E-state index in [-0.39, 0.29) is 29.0 Å². The van der Waals surface area contributed by atoms with Gasteiger partial charge in [-0.2, -0.15) is 0 Å². The summed E-state index contributed by atoms with van der Waals surface area (Å²) in [4.78, 5) is 19.2. The summed E-state index contributed by atoms with van der Waals surface area (Å²) in [6, 6.07) is 0. The zero-order valence-electron chi connectivity index (χ0n) is 9.62. The van der Waals surface area contributed by atoms with Gasteiger partial charge in [0.05, 0.1) is 0 Å². The average molecular weight is 259 g/mol. The lowest BCUT2D eigenvalue weighted by molar-refractivity contribution is 0.0942. The summed E-state index contributed by atoms with van der Waals surface area (Å²) in [5.74, 6) is -0.575. The minimum Gasteiger partial charge on any atom is -0.382 e. The van der Waals surface area contributed by atoms with Crippen molar-refractivity contribution < 1.29 is 4.79 Å². The molecule has 17 heavy (non-hydrogen) atoms. The van der Waals surface area contributed by atoms with E-state index in [1.54, 1.807) is 13.8 Å². The molecule has 1 aromatic heterocycles. The Morgan fingerprint density at radius 1 is 1.35 bits per heavy atom. The van der Waals surface area contributed by atoms with E-state index in [1.165, 1.54) is 0 Å². The Hall–Kier alpha value is -1.60. The number of nitrogens with zero attached hydrogens (tertiary/aromatic N) is 2. The zero-order chi connectivity index (χ0) is 13.2. The first-order valence-electron chi connectivity index (χ1n) is 4.86. The molecule has 7 N–H and O–H groups in total. The van der Waals surface area contributed by atoms with Gasteiger partial charge in [0, 0.05) is 12.1 Å². The highest BCUT2D eigenvalue weighted by molar-refractivity contribution is 6.31. The molecule has 1 rings (SSSR count). The number of rotatable bonds is 3. The number of anilines is 2. The summed E-state index contributed by atoms with van der Waals surface area (Å²) in [5.41, 5.74) is 16.1. The Labute approximate surface area is 104 Å². The first-order chi connectivity index (χ1) is 7.70. The second kappa shape index (κ2) is 4.72. The van der Waals surface area contributed by atoms with Gasteiger partial charge in [0.1, 0.15) is 0 Å². The lowest BCUT2D eigenvalue weighted by Crippen LogP contribution is -2.45. The van der Waals surface area contributed by atoms with Gasteiger partial charge in [0.25, 0.3) is 5.91 Å². The number of nitrogens with two attached hydrogens (primary N) is 3. The van der Waals surface area contributed by atoms with Crippen LogP contribution in [-0.2, 0) is 0 Å². The molecule has 0 unspecified atom stereocenters. The molecule has 0 fully saturated rings. The smallest absolute Gasteiger partial charge is 0.273 e. The number of nitrogens with one attached hydrogen (secondary N) is 1. The molecule has 0 aliphatic carbocycles. The number of hydrogen-bond donors (Lipinski definition) is 4. The van der Waals surface area contributed by atoms with Crippen LogP contribution in [0.5, 0.6) is 0 Å². The summed E-state index contributed by atoms with van der Waals surface area (Å²) in [5, 5.41) is 2.52. The Morgan fingerprint density at radius 2 is 1.94 bits per heavy atom. The summed E-state index contributed by atoms with van der Waals surface area (Å²) in [7, 11) is 0. The van der Waals surface area contributed by atoms with E-state index in [1.807, 2.05) is 0 Å². The monoisotopic (exact) mass is 258 g/mol. The molecule has 0 bridgehead atoms. The molecule has 1 amide bonds. The largest absolute Gasteiger partial charge is 0.382 e. The van der Waals surface area contributed by atoms with Crippen LogP contribution in [0, 0.1) is 0 Å². The van der Waals surface area contributed by atoms with Crippen molar-refractivity contribution >= 4 is 29.1 Å². The van der Waals surface area contributed by atoms with Gasteiger partial charge in [-0.15, -0.1) is 0 Å². The van der Waals surface area contributed by atoms with Gasteiger partial charge in [0.15, 0.2) is 22.5 Å². The number of hydrogen-bond acceptors (Lipinski definition) is 6.